The molecule has 0 spiro atoms. The highest BCUT2D eigenvalue weighted by molar-refractivity contribution is 6.06. The van der Waals surface area contributed by atoms with Crippen LogP contribution < -0.4 is 0 Å². The number of Topliss-reactive ketones (excluding diaryl/α,β-unsaturated/α-hetero) is 1. The fourth-order valence-corrected chi connectivity index (χ4v) is 1.27. The lowest BCUT2D eigenvalue weighted by Gasteiger charge is -2.38. The summed E-state index contributed by atoms with van der Waals surface area (Å²) in [5.74, 6) is -1.86. The minimum absolute atomic E-state index is 0.001000. The van der Waals surface area contributed by atoms with E-state index in [4.69, 9.17) is 0 Å². The number of ketones is 1. The van der Waals surface area contributed by atoms with Gasteiger partial charge >= 0.3 is 11.1 Å². The molecule has 0 saturated carbocycles. The second-order valence-corrected chi connectivity index (χ2v) is 4.13. The molecule has 16 heavy (non-hydrogen) atoms. The van der Waals surface area contributed by atoms with Crippen molar-refractivity contribution in [1.29, 1.82) is 0 Å². The van der Waals surface area contributed by atoms with Gasteiger partial charge in [0.2, 0.25) is 0 Å². The van der Waals surface area contributed by atoms with Crippen molar-refractivity contribution in [3.63, 3.8) is 0 Å². The summed E-state index contributed by atoms with van der Waals surface area (Å²) in [6.45, 7) is 3.89. The summed E-state index contributed by atoms with van der Waals surface area (Å²) in [6.07, 6.45) is 0. The summed E-state index contributed by atoms with van der Waals surface area (Å²) < 4.78 is 0. The number of hydrogen-bond acceptors (Lipinski definition) is 7. The topological polar surface area (TPSA) is 105 Å². The van der Waals surface area contributed by atoms with Gasteiger partial charge in [0.1, 0.15) is 12.0 Å². The summed E-state index contributed by atoms with van der Waals surface area (Å²) in [5, 5.41) is 8.76. The van der Waals surface area contributed by atoms with Crippen molar-refractivity contribution >= 4 is 11.8 Å². The molecule has 0 N–H and O–H groups in total. The van der Waals surface area contributed by atoms with Crippen LogP contribution in [0.3, 0.4) is 0 Å². The van der Waals surface area contributed by atoms with E-state index in [1.54, 1.807) is 0 Å². The lowest BCUT2D eigenvalue weighted by molar-refractivity contribution is -0.730. The standard InChI is InChI=1S/C8H11NO7/c1-7(2,6(11)15-9(12)13)5(10)8(3)4-14-16-8/h4H2,1-3H3. The lowest BCUT2D eigenvalue weighted by Crippen LogP contribution is -2.58. The Morgan fingerprint density at radius 1 is 1.50 bits per heavy atom. The predicted octanol–water partition coefficient (Wildman–Crippen LogP) is 0.0371. The minimum Gasteiger partial charge on any atom is -0.295 e. The van der Waals surface area contributed by atoms with Gasteiger partial charge in [0, 0.05) is 0 Å². The van der Waals surface area contributed by atoms with Crippen LogP contribution in [0.1, 0.15) is 20.8 Å². The summed E-state index contributed by atoms with van der Waals surface area (Å²) in [4.78, 5) is 46.0. The molecule has 0 bridgehead atoms. The van der Waals surface area contributed by atoms with Gasteiger partial charge in [0.05, 0.1) is 0 Å². The van der Waals surface area contributed by atoms with Crippen molar-refractivity contribution in [1.82, 2.24) is 0 Å². The first kappa shape index (κ1) is 12.5. The Morgan fingerprint density at radius 2 is 2.00 bits per heavy atom. The van der Waals surface area contributed by atoms with Crippen LogP contribution in [0.4, 0.5) is 0 Å². The number of hydrogen-bond donors (Lipinski definition) is 0. The van der Waals surface area contributed by atoms with Crippen molar-refractivity contribution in [3.8, 4) is 0 Å². The summed E-state index contributed by atoms with van der Waals surface area (Å²) in [7, 11) is 0. The first-order valence-corrected chi connectivity index (χ1v) is 4.42. The smallest absolute Gasteiger partial charge is 0.295 e. The molecular weight excluding hydrogens is 222 g/mol. The Bertz CT molecular complexity index is 344. The maximum Gasteiger partial charge on any atom is 0.316 e. The van der Waals surface area contributed by atoms with Crippen molar-refractivity contribution in [3.05, 3.63) is 10.1 Å². The van der Waals surface area contributed by atoms with Crippen molar-refractivity contribution in [2.75, 3.05) is 6.61 Å². The van der Waals surface area contributed by atoms with E-state index in [2.05, 4.69) is 14.6 Å². The van der Waals surface area contributed by atoms with Gasteiger partial charge in [0.25, 0.3) is 0 Å². The Balaban J connectivity index is 2.80. The maximum absolute atomic E-state index is 11.9. The first-order chi connectivity index (χ1) is 7.20. The fraction of sp³-hybridized carbons (Fsp3) is 0.750. The number of nitrogens with zero attached hydrogens (tertiary/aromatic N) is 1. The molecule has 8 heteroatoms. The zero-order valence-electron chi connectivity index (χ0n) is 9.01. The van der Waals surface area contributed by atoms with E-state index < -0.39 is 27.9 Å². The van der Waals surface area contributed by atoms with E-state index in [0.29, 0.717) is 0 Å². The average Bonchev–Trinajstić information content (AvgIpc) is 2.11. The predicted molar refractivity (Wildman–Crippen MR) is 47.3 cm³/mol. The van der Waals surface area contributed by atoms with Crippen LogP contribution in [0, 0.1) is 15.5 Å². The van der Waals surface area contributed by atoms with E-state index in [1.807, 2.05) is 0 Å². The lowest BCUT2D eigenvalue weighted by atomic mass is 9.79. The fourth-order valence-electron chi connectivity index (χ4n) is 1.27. The highest BCUT2D eigenvalue weighted by Gasteiger charge is 2.53. The molecule has 1 rings (SSSR count). The zero-order chi connectivity index (χ0) is 12.6. The average molecular weight is 233 g/mol. The highest BCUT2D eigenvalue weighted by atomic mass is 17.2. The summed E-state index contributed by atoms with van der Waals surface area (Å²) in [5.41, 5.74) is -2.91. The molecule has 0 amide bonds. The largest absolute Gasteiger partial charge is 0.316 e. The molecule has 8 nitrogen and oxygen atoms in total. The number of rotatable bonds is 4. The van der Waals surface area contributed by atoms with Gasteiger partial charge in [0.15, 0.2) is 11.4 Å². The molecule has 0 aromatic rings. The Morgan fingerprint density at radius 3 is 2.31 bits per heavy atom. The van der Waals surface area contributed by atoms with E-state index in [0.717, 1.165) is 0 Å². The third-order valence-corrected chi connectivity index (χ3v) is 2.29. The number of carbonyl (C=O) groups excluding carboxylic acids is 2. The van der Waals surface area contributed by atoms with E-state index in [9.17, 15) is 19.7 Å². The second kappa shape index (κ2) is 3.80. The van der Waals surface area contributed by atoms with Gasteiger partial charge < -0.3 is 0 Å². The summed E-state index contributed by atoms with van der Waals surface area (Å²) >= 11 is 0. The SMILES string of the molecule is CC1(C(=O)C(C)(C)C(=O)O[N+](=O)[O-])COO1. The van der Waals surface area contributed by atoms with Gasteiger partial charge in [-0.05, 0) is 20.8 Å². The molecule has 1 aliphatic heterocycles. The molecule has 0 aliphatic carbocycles. The van der Waals surface area contributed by atoms with Crippen LogP contribution in [0.25, 0.3) is 0 Å². The van der Waals surface area contributed by atoms with Gasteiger partial charge in [-0.25, -0.2) is 14.6 Å². The molecule has 1 atom stereocenters. The monoisotopic (exact) mass is 233 g/mol. The van der Waals surface area contributed by atoms with E-state index >= 15 is 0 Å². The van der Waals surface area contributed by atoms with Crippen LogP contribution in [0.15, 0.2) is 0 Å². The minimum atomic E-state index is -1.66. The van der Waals surface area contributed by atoms with Crippen LogP contribution >= 0.6 is 0 Å². The van der Waals surface area contributed by atoms with Gasteiger partial charge in [-0.2, -0.15) is 0 Å². The maximum atomic E-state index is 11.9. The third-order valence-electron chi connectivity index (χ3n) is 2.29. The molecular formula is C8H11NO7. The third kappa shape index (κ3) is 2.02. The van der Waals surface area contributed by atoms with Gasteiger partial charge in [-0.15, -0.1) is 10.1 Å². The van der Waals surface area contributed by atoms with Crippen LogP contribution in [0.5, 0.6) is 0 Å². The van der Waals surface area contributed by atoms with E-state index in [1.165, 1.54) is 20.8 Å². The second-order valence-electron chi connectivity index (χ2n) is 4.13. The molecule has 0 aromatic carbocycles. The van der Waals surface area contributed by atoms with Crippen molar-refractivity contribution in [2.45, 2.75) is 26.4 Å². The molecule has 90 valence electrons. The quantitative estimate of drug-likeness (QED) is 0.292. The molecule has 0 radical (unpaired) electrons. The Labute approximate surface area is 90.5 Å². The first-order valence-electron chi connectivity index (χ1n) is 4.42. The van der Waals surface area contributed by atoms with E-state index in [-0.39, 0.29) is 6.61 Å². The number of carbonyl (C=O) groups is 2. The normalized spacial score (nSPS) is 24.4. The Kier molecular flexibility index (Phi) is 2.97. The van der Waals surface area contributed by atoms with Crippen molar-refractivity contribution in [2.24, 2.45) is 5.41 Å². The molecule has 1 heterocycles. The van der Waals surface area contributed by atoms with Crippen LogP contribution in [-0.2, 0) is 24.2 Å². The van der Waals surface area contributed by atoms with Gasteiger partial charge in [-0.3, -0.25) is 9.59 Å². The summed E-state index contributed by atoms with van der Waals surface area (Å²) in [6, 6.07) is 0. The van der Waals surface area contributed by atoms with Crippen molar-refractivity contribution < 1.29 is 29.3 Å². The molecule has 0 aromatic heterocycles. The molecule has 1 unspecified atom stereocenters. The highest BCUT2D eigenvalue weighted by Crippen LogP contribution is 2.32. The molecule has 1 fully saturated rings. The molecule has 1 saturated heterocycles. The van der Waals surface area contributed by atoms with Crippen LogP contribution in [-0.4, -0.2) is 29.0 Å². The zero-order valence-corrected chi connectivity index (χ0v) is 9.01. The van der Waals surface area contributed by atoms with Gasteiger partial charge in [-0.1, -0.05) is 0 Å². The molecule has 1 aliphatic rings. The Hall–Kier alpha value is -1.54. The van der Waals surface area contributed by atoms with Crippen LogP contribution in [0.2, 0.25) is 0 Å².